The van der Waals surface area contributed by atoms with Gasteiger partial charge in [0.15, 0.2) is 11.6 Å². The van der Waals surface area contributed by atoms with E-state index in [4.69, 9.17) is 0 Å². The molecule has 1 unspecified atom stereocenters. The number of imide groups is 1. The molecule has 2 aliphatic rings. The number of nitrogens with one attached hydrogen (secondary N) is 1. The molecule has 0 aliphatic carbocycles. The van der Waals surface area contributed by atoms with Crippen molar-refractivity contribution in [3.63, 3.8) is 0 Å². The molecule has 140 valence electrons. The van der Waals surface area contributed by atoms with Crippen molar-refractivity contribution in [3.8, 4) is 0 Å². The van der Waals surface area contributed by atoms with E-state index < -0.39 is 17.0 Å². The van der Waals surface area contributed by atoms with E-state index >= 15 is 0 Å². The van der Waals surface area contributed by atoms with E-state index in [1.165, 1.54) is 6.07 Å². The van der Waals surface area contributed by atoms with Gasteiger partial charge in [-0.15, -0.1) is 0 Å². The lowest BCUT2D eigenvalue weighted by Crippen LogP contribution is -2.39. The molecule has 0 aromatic heterocycles. The highest BCUT2D eigenvalue weighted by Gasteiger charge is 2.42. The van der Waals surface area contributed by atoms with Gasteiger partial charge in [-0.3, -0.25) is 19.7 Å². The average Bonchev–Trinajstić information content (AvgIpc) is 2.87. The molecule has 3 rings (SSSR count). The zero-order valence-corrected chi connectivity index (χ0v) is 14.7. The van der Waals surface area contributed by atoms with Crippen LogP contribution < -0.4 is 5.32 Å². The van der Waals surface area contributed by atoms with E-state index in [1.54, 1.807) is 17.9 Å². The standard InChI is InChI=1S/C19H22F2N2O3/c1-19(11-16(24)22-18(19)26)7-4-17(25)23-8-5-12(6-9-23)13-2-3-14(20)15(21)10-13/h2-3,10,12H,4-9,11H2,1H3,(H,22,24,26). The van der Waals surface area contributed by atoms with Crippen LogP contribution in [-0.4, -0.2) is 35.7 Å². The van der Waals surface area contributed by atoms with E-state index in [2.05, 4.69) is 5.32 Å². The molecule has 1 N–H and O–H groups in total. The molecule has 26 heavy (non-hydrogen) atoms. The Morgan fingerprint density at radius 1 is 1.23 bits per heavy atom. The smallest absolute Gasteiger partial charge is 0.233 e. The lowest BCUT2D eigenvalue weighted by Gasteiger charge is -2.33. The summed E-state index contributed by atoms with van der Waals surface area (Å²) in [6.45, 7) is 2.80. The number of carbonyl (C=O) groups is 3. The Balaban J connectivity index is 1.51. The molecule has 2 aliphatic heterocycles. The van der Waals surface area contributed by atoms with Crippen molar-refractivity contribution in [2.24, 2.45) is 5.41 Å². The fourth-order valence-corrected chi connectivity index (χ4v) is 3.73. The molecule has 2 heterocycles. The number of nitrogens with zero attached hydrogens (tertiary/aromatic N) is 1. The maximum atomic E-state index is 13.4. The first-order chi connectivity index (χ1) is 12.3. The summed E-state index contributed by atoms with van der Waals surface area (Å²) in [5, 5.41) is 2.28. The summed E-state index contributed by atoms with van der Waals surface area (Å²) in [5.74, 6) is -2.25. The summed E-state index contributed by atoms with van der Waals surface area (Å²) in [6.07, 6.45) is 2.05. The Hall–Kier alpha value is -2.31. The number of piperidine rings is 1. The van der Waals surface area contributed by atoms with Gasteiger partial charge in [0.05, 0.1) is 5.41 Å². The first-order valence-electron chi connectivity index (χ1n) is 8.85. The molecule has 1 aromatic carbocycles. The molecule has 0 bridgehead atoms. The summed E-state index contributed by atoms with van der Waals surface area (Å²) < 4.78 is 26.4. The first kappa shape index (κ1) is 18.5. The second kappa shape index (κ2) is 7.13. The Kier molecular flexibility index (Phi) is 5.07. The molecule has 2 fully saturated rings. The van der Waals surface area contributed by atoms with Crippen LogP contribution in [0.5, 0.6) is 0 Å². The van der Waals surface area contributed by atoms with E-state index in [1.807, 2.05) is 0 Å². The van der Waals surface area contributed by atoms with Gasteiger partial charge in [0.1, 0.15) is 0 Å². The molecule has 2 saturated heterocycles. The van der Waals surface area contributed by atoms with Crippen LogP contribution in [0.1, 0.15) is 50.5 Å². The zero-order chi connectivity index (χ0) is 18.9. The average molecular weight is 364 g/mol. The number of amides is 3. The third-order valence-corrected chi connectivity index (χ3v) is 5.51. The topological polar surface area (TPSA) is 66.5 Å². The van der Waals surface area contributed by atoms with Crippen LogP contribution >= 0.6 is 0 Å². The van der Waals surface area contributed by atoms with Crippen LogP contribution in [0.2, 0.25) is 0 Å². The van der Waals surface area contributed by atoms with E-state index in [-0.39, 0.29) is 36.5 Å². The highest BCUT2D eigenvalue weighted by atomic mass is 19.2. The molecule has 0 spiro atoms. The van der Waals surface area contributed by atoms with Gasteiger partial charge in [-0.1, -0.05) is 13.0 Å². The Bertz CT molecular complexity index is 744. The van der Waals surface area contributed by atoms with Gasteiger partial charge in [0.25, 0.3) is 0 Å². The Morgan fingerprint density at radius 3 is 2.50 bits per heavy atom. The van der Waals surface area contributed by atoms with E-state index in [0.717, 1.165) is 11.6 Å². The number of likely N-dealkylation sites (tertiary alicyclic amines) is 1. The molecule has 7 heteroatoms. The minimum atomic E-state index is -0.857. The molecular weight excluding hydrogens is 342 g/mol. The van der Waals surface area contributed by atoms with Gasteiger partial charge in [-0.05, 0) is 42.9 Å². The van der Waals surface area contributed by atoms with Crippen molar-refractivity contribution in [2.45, 2.75) is 44.9 Å². The molecule has 1 atom stereocenters. The number of carbonyl (C=O) groups excluding carboxylic acids is 3. The molecule has 3 amide bonds. The van der Waals surface area contributed by atoms with Gasteiger partial charge in [-0.25, -0.2) is 8.78 Å². The Labute approximate surface area is 150 Å². The van der Waals surface area contributed by atoms with Crippen LogP contribution in [0.3, 0.4) is 0 Å². The molecule has 0 radical (unpaired) electrons. The van der Waals surface area contributed by atoms with Gasteiger partial charge in [0, 0.05) is 25.9 Å². The van der Waals surface area contributed by atoms with Crippen LogP contribution in [0.25, 0.3) is 0 Å². The summed E-state index contributed by atoms with van der Waals surface area (Å²) in [5.41, 5.74) is -0.0545. The molecule has 1 aromatic rings. The fraction of sp³-hybridized carbons (Fsp3) is 0.526. The number of hydrogen-bond donors (Lipinski definition) is 1. The third-order valence-electron chi connectivity index (χ3n) is 5.51. The highest BCUT2D eigenvalue weighted by Crippen LogP contribution is 2.33. The third kappa shape index (κ3) is 3.76. The summed E-state index contributed by atoms with van der Waals surface area (Å²) in [7, 11) is 0. The van der Waals surface area contributed by atoms with Crippen LogP contribution in [-0.2, 0) is 14.4 Å². The Morgan fingerprint density at radius 2 is 1.92 bits per heavy atom. The molecular formula is C19H22F2N2O3. The highest BCUT2D eigenvalue weighted by molar-refractivity contribution is 6.05. The second-order valence-corrected chi connectivity index (χ2v) is 7.44. The predicted octanol–water partition coefficient (Wildman–Crippen LogP) is 2.50. The van der Waals surface area contributed by atoms with Crippen molar-refractivity contribution in [1.82, 2.24) is 10.2 Å². The van der Waals surface area contributed by atoms with Crippen molar-refractivity contribution < 1.29 is 23.2 Å². The van der Waals surface area contributed by atoms with Gasteiger partial charge < -0.3 is 4.90 Å². The quantitative estimate of drug-likeness (QED) is 0.835. The van der Waals surface area contributed by atoms with Crippen molar-refractivity contribution in [2.75, 3.05) is 13.1 Å². The lowest BCUT2D eigenvalue weighted by molar-refractivity contribution is -0.133. The number of halogens is 2. The van der Waals surface area contributed by atoms with E-state index in [9.17, 15) is 23.2 Å². The minimum Gasteiger partial charge on any atom is -0.343 e. The van der Waals surface area contributed by atoms with Gasteiger partial charge >= 0.3 is 0 Å². The SMILES string of the molecule is CC1(CCC(=O)N2CCC(c3ccc(F)c(F)c3)CC2)CC(=O)NC1=O. The second-order valence-electron chi connectivity index (χ2n) is 7.44. The maximum absolute atomic E-state index is 13.4. The maximum Gasteiger partial charge on any atom is 0.233 e. The van der Waals surface area contributed by atoms with E-state index in [0.29, 0.717) is 32.4 Å². The van der Waals surface area contributed by atoms with Crippen LogP contribution in [0.15, 0.2) is 18.2 Å². The van der Waals surface area contributed by atoms with Gasteiger partial charge in [0.2, 0.25) is 17.7 Å². The largest absolute Gasteiger partial charge is 0.343 e. The zero-order valence-electron chi connectivity index (χ0n) is 14.7. The fourth-order valence-electron chi connectivity index (χ4n) is 3.73. The number of rotatable bonds is 4. The number of benzene rings is 1. The minimum absolute atomic E-state index is 0.0397. The summed E-state index contributed by atoms with van der Waals surface area (Å²) in [4.78, 5) is 37.4. The normalized spacial score (nSPS) is 24.0. The van der Waals surface area contributed by atoms with Crippen molar-refractivity contribution in [1.29, 1.82) is 0 Å². The predicted molar refractivity (Wildman–Crippen MR) is 90.0 cm³/mol. The monoisotopic (exact) mass is 364 g/mol. The summed E-state index contributed by atoms with van der Waals surface area (Å²) in [6, 6.07) is 3.96. The lowest BCUT2D eigenvalue weighted by atomic mass is 9.83. The van der Waals surface area contributed by atoms with Crippen molar-refractivity contribution >= 4 is 17.7 Å². The van der Waals surface area contributed by atoms with Gasteiger partial charge in [-0.2, -0.15) is 0 Å². The molecule has 0 saturated carbocycles. The number of hydrogen-bond acceptors (Lipinski definition) is 3. The summed E-state index contributed by atoms with van der Waals surface area (Å²) >= 11 is 0. The first-order valence-corrected chi connectivity index (χ1v) is 8.85. The van der Waals surface area contributed by atoms with Crippen LogP contribution in [0.4, 0.5) is 8.78 Å². The van der Waals surface area contributed by atoms with Crippen molar-refractivity contribution in [3.05, 3.63) is 35.4 Å². The van der Waals surface area contributed by atoms with Crippen LogP contribution in [0, 0.1) is 17.0 Å². The molecule has 5 nitrogen and oxygen atoms in total.